The Balaban J connectivity index is 2.65. The number of carboxylic acid groups (broad SMARTS) is 1. The fourth-order valence-electron chi connectivity index (χ4n) is 1.82. The highest BCUT2D eigenvalue weighted by Gasteiger charge is 2.36. The van der Waals surface area contributed by atoms with Crippen LogP contribution in [0.15, 0.2) is 9.59 Å². The molecule has 2 rings (SSSR count). The number of nitrogens with zero attached hydrogens (tertiary/aromatic N) is 1. The highest BCUT2D eigenvalue weighted by molar-refractivity contribution is 6.03. The van der Waals surface area contributed by atoms with Crippen LogP contribution in [-0.2, 0) is 16.6 Å². The summed E-state index contributed by atoms with van der Waals surface area (Å²) < 4.78 is 1.07. The van der Waals surface area contributed by atoms with Gasteiger partial charge >= 0.3 is 11.7 Å². The van der Waals surface area contributed by atoms with Gasteiger partial charge in [0.05, 0.1) is 17.9 Å². The first-order chi connectivity index (χ1) is 7.91. The number of carboxylic acids is 1. The summed E-state index contributed by atoms with van der Waals surface area (Å²) in [5.74, 6) is -2.77. The highest BCUT2D eigenvalue weighted by atomic mass is 16.4. The molecule has 1 aliphatic heterocycles. The summed E-state index contributed by atoms with van der Waals surface area (Å²) in [6.45, 7) is 0. The van der Waals surface area contributed by atoms with Gasteiger partial charge in [0.1, 0.15) is 5.82 Å². The minimum absolute atomic E-state index is 0.000463. The molecule has 2 heterocycles. The van der Waals surface area contributed by atoms with Gasteiger partial charge in [-0.05, 0) is 0 Å². The van der Waals surface area contributed by atoms with E-state index in [0.717, 1.165) is 4.57 Å². The summed E-state index contributed by atoms with van der Waals surface area (Å²) in [6.07, 6.45) is -0.486. The number of H-pyrrole nitrogens is 1. The first-order valence-corrected chi connectivity index (χ1v) is 4.77. The molecule has 1 aromatic rings. The number of aromatic amines is 1. The molecule has 0 saturated carbocycles. The van der Waals surface area contributed by atoms with Gasteiger partial charge in [-0.15, -0.1) is 0 Å². The van der Waals surface area contributed by atoms with Gasteiger partial charge in [-0.1, -0.05) is 0 Å². The van der Waals surface area contributed by atoms with Crippen LogP contribution in [0.1, 0.15) is 17.9 Å². The molecule has 8 heteroatoms. The van der Waals surface area contributed by atoms with E-state index < -0.39 is 35.5 Å². The molecule has 0 aliphatic carbocycles. The Morgan fingerprint density at radius 2 is 2.06 bits per heavy atom. The second-order valence-electron chi connectivity index (χ2n) is 3.72. The third-order valence-corrected chi connectivity index (χ3v) is 2.65. The molecule has 1 aliphatic rings. The molecule has 8 nitrogen and oxygen atoms in total. The summed E-state index contributed by atoms with van der Waals surface area (Å²) in [5.41, 5.74) is -1.39. The molecule has 0 saturated heterocycles. The predicted octanol–water partition coefficient (Wildman–Crippen LogP) is -1.42. The van der Waals surface area contributed by atoms with E-state index in [-0.39, 0.29) is 11.4 Å². The van der Waals surface area contributed by atoms with Gasteiger partial charge in [-0.25, -0.2) is 4.79 Å². The summed E-state index contributed by atoms with van der Waals surface area (Å²) in [7, 11) is 1.38. The van der Waals surface area contributed by atoms with Crippen LogP contribution in [0.3, 0.4) is 0 Å². The normalized spacial score (nSPS) is 17.7. The zero-order chi connectivity index (χ0) is 12.7. The lowest BCUT2D eigenvalue weighted by atomic mass is 10.00. The van der Waals surface area contributed by atoms with E-state index in [4.69, 9.17) is 5.11 Å². The molecule has 0 fully saturated rings. The molecule has 1 atom stereocenters. The molecule has 1 amide bonds. The average Bonchev–Trinajstić information content (AvgIpc) is 2.53. The number of carbonyl (C=O) groups excluding carboxylic acids is 1. The number of aromatic nitrogens is 2. The van der Waals surface area contributed by atoms with Gasteiger partial charge < -0.3 is 10.4 Å². The molecule has 17 heavy (non-hydrogen) atoms. The van der Waals surface area contributed by atoms with Crippen molar-refractivity contribution in [2.24, 2.45) is 7.05 Å². The number of hydrogen-bond donors (Lipinski definition) is 3. The Bertz CT molecular complexity index is 626. The van der Waals surface area contributed by atoms with Crippen LogP contribution < -0.4 is 16.6 Å². The lowest BCUT2D eigenvalue weighted by Gasteiger charge is -2.05. The molecule has 0 aromatic carbocycles. The fraction of sp³-hybridized carbons (Fsp3) is 0.333. The van der Waals surface area contributed by atoms with Crippen LogP contribution in [0, 0.1) is 0 Å². The number of amides is 1. The maximum atomic E-state index is 11.6. The fourth-order valence-corrected chi connectivity index (χ4v) is 1.82. The Morgan fingerprint density at radius 1 is 1.41 bits per heavy atom. The first-order valence-electron chi connectivity index (χ1n) is 4.77. The zero-order valence-corrected chi connectivity index (χ0v) is 8.81. The van der Waals surface area contributed by atoms with Crippen LogP contribution in [0.2, 0.25) is 0 Å². The molecule has 3 N–H and O–H groups in total. The van der Waals surface area contributed by atoms with Crippen molar-refractivity contribution in [3.63, 3.8) is 0 Å². The van der Waals surface area contributed by atoms with Gasteiger partial charge in [0.15, 0.2) is 0 Å². The quantitative estimate of drug-likeness (QED) is 0.585. The molecule has 0 radical (unpaired) electrons. The minimum atomic E-state index is -1.19. The lowest BCUT2D eigenvalue weighted by Crippen LogP contribution is -2.31. The molecule has 1 aromatic heterocycles. The molecular formula is C9H9N3O5. The van der Waals surface area contributed by atoms with Crippen molar-refractivity contribution in [1.82, 2.24) is 9.55 Å². The smallest absolute Gasteiger partial charge is 0.329 e. The van der Waals surface area contributed by atoms with Crippen molar-refractivity contribution < 1.29 is 14.7 Å². The van der Waals surface area contributed by atoms with Crippen LogP contribution in [0.5, 0.6) is 0 Å². The van der Waals surface area contributed by atoms with Crippen LogP contribution in [0.4, 0.5) is 5.82 Å². The summed E-state index contributed by atoms with van der Waals surface area (Å²) in [4.78, 5) is 47.0. The van der Waals surface area contributed by atoms with Gasteiger partial charge in [0.2, 0.25) is 5.91 Å². The number of nitrogens with one attached hydrogen (secondary N) is 2. The molecule has 90 valence electrons. The van der Waals surface area contributed by atoms with Crippen molar-refractivity contribution in [1.29, 1.82) is 0 Å². The third kappa shape index (κ3) is 1.63. The van der Waals surface area contributed by atoms with E-state index in [0.29, 0.717) is 0 Å². The van der Waals surface area contributed by atoms with Gasteiger partial charge in [0, 0.05) is 7.05 Å². The van der Waals surface area contributed by atoms with Crippen molar-refractivity contribution in [2.45, 2.75) is 12.3 Å². The van der Waals surface area contributed by atoms with Crippen molar-refractivity contribution in [3.05, 3.63) is 26.4 Å². The minimum Gasteiger partial charge on any atom is -0.481 e. The van der Waals surface area contributed by atoms with Crippen LogP contribution in [0.25, 0.3) is 0 Å². The van der Waals surface area contributed by atoms with Gasteiger partial charge in [0.25, 0.3) is 5.56 Å². The monoisotopic (exact) mass is 239 g/mol. The topological polar surface area (TPSA) is 121 Å². The lowest BCUT2D eigenvalue weighted by molar-refractivity contribution is -0.138. The summed E-state index contributed by atoms with van der Waals surface area (Å²) in [5, 5.41) is 11.0. The second-order valence-corrected chi connectivity index (χ2v) is 3.72. The van der Waals surface area contributed by atoms with E-state index in [2.05, 4.69) is 5.32 Å². The molecule has 0 bridgehead atoms. The highest BCUT2D eigenvalue weighted by Crippen LogP contribution is 2.30. The predicted molar refractivity (Wildman–Crippen MR) is 55.9 cm³/mol. The van der Waals surface area contributed by atoms with Crippen LogP contribution >= 0.6 is 0 Å². The number of anilines is 1. The van der Waals surface area contributed by atoms with E-state index in [1.807, 2.05) is 4.98 Å². The summed E-state index contributed by atoms with van der Waals surface area (Å²) in [6, 6.07) is 0. The maximum Gasteiger partial charge on any atom is 0.329 e. The average molecular weight is 239 g/mol. The van der Waals surface area contributed by atoms with Crippen LogP contribution in [-0.4, -0.2) is 26.5 Å². The first kappa shape index (κ1) is 11.1. The number of fused-ring (bicyclic) bond motifs is 1. The SMILES string of the molecule is Cn1c2c(c(=O)[nH]c1=O)C(CC(=O)O)C(=O)N2. The molecule has 1 unspecified atom stereocenters. The van der Waals surface area contributed by atoms with E-state index >= 15 is 0 Å². The summed E-state index contributed by atoms with van der Waals surface area (Å²) >= 11 is 0. The van der Waals surface area contributed by atoms with Crippen molar-refractivity contribution >= 4 is 17.7 Å². The third-order valence-electron chi connectivity index (χ3n) is 2.65. The van der Waals surface area contributed by atoms with E-state index in [1.54, 1.807) is 0 Å². The maximum absolute atomic E-state index is 11.6. The molecule has 0 spiro atoms. The number of rotatable bonds is 2. The Labute approximate surface area is 93.9 Å². The van der Waals surface area contributed by atoms with Crippen molar-refractivity contribution in [2.75, 3.05) is 5.32 Å². The Morgan fingerprint density at radius 3 is 2.65 bits per heavy atom. The molecular weight excluding hydrogens is 230 g/mol. The standard InChI is InChI=1S/C9H9N3O5/c1-12-6-5(8(16)11-9(12)17)3(2-4(13)14)7(15)10-6/h3H,2H2,1H3,(H,10,15)(H,13,14)(H,11,16,17). The van der Waals surface area contributed by atoms with Crippen molar-refractivity contribution in [3.8, 4) is 0 Å². The zero-order valence-electron chi connectivity index (χ0n) is 8.81. The van der Waals surface area contributed by atoms with Gasteiger partial charge in [-0.3, -0.25) is 23.9 Å². The van der Waals surface area contributed by atoms with E-state index in [9.17, 15) is 19.2 Å². The second kappa shape index (κ2) is 3.58. The number of aliphatic carboxylic acids is 1. The largest absolute Gasteiger partial charge is 0.481 e. The Kier molecular flexibility index (Phi) is 2.34. The number of hydrogen-bond acceptors (Lipinski definition) is 4. The number of carbonyl (C=O) groups is 2. The Hall–Kier alpha value is -2.38. The van der Waals surface area contributed by atoms with Gasteiger partial charge in [-0.2, -0.15) is 0 Å². The van der Waals surface area contributed by atoms with E-state index in [1.165, 1.54) is 7.05 Å².